The van der Waals surface area contributed by atoms with Crippen molar-refractivity contribution in [2.45, 2.75) is 12.3 Å². The maximum atomic E-state index is 11.8. The van der Waals surface area contributed by atoms with Crippen LogP contribution in [0.2, 0.25) is 0 Å². The number of hydrogen-bond donors (Lipinski definition) is 1. The summed E-state index contributed by atoms with van der Waals surface area (Å²) in [5, 5.41) is 2.86. The number of nitrogens with one attached hydrogen (secondary N) is 1. The summed E-state index contributed by atoms with van der Waals surface area (Å²) in [7, 11) is 0. The van der Waals surface area contributed by atoms with Crippen molar-refractivity contribution in [2.24, 2.45) is 0 Å². The second-order valence-corrected chi connectivity index (χ2v) is 4.11. The van der Waals surface area contributed by atoms with E-state index in [-0.39, 0.29) is 11.8 Å². The summed E-state index contributed by atoms with van der Waals surface area (Å²) in [6, 6.07) is 7.66. The topological polar surface area (TPSA) is 38.3 Å². The zero-order chi connectivity index (χ0) is 11.4. The van der Waals surface area contributed by atoms with Crippen LogP contribution in [0.15, 0.2) is 24.3 Å². The number of para-hydroxylation sites is 1. The maximum Gasteiger partial charge on any atom is 0.231 e. The maximum absolute atomic E-state index is 11.8. The van der Waals surface area contributed by atoms with Gasteiger partial charge in [-0.3, -0.25) is 4.79 Å². The molecule has 0 aromatic heterocycles. The summed E-state index contributed by atoms with van der Waals surface area (Å²) in [5.41, 5.74) is 0.978. The molecule has 0 radical (unpaired) electrons. The number of ether oxygens (including phenoxy) is 1. The predicted octanol–water partition coefficient (Wildman–Crippen LogP) is 1.91. The van der Waals surface area contributed by atoms with E-state index in [2.05, 4.69) is 5.32 Å². The van der Waals surface area contributed by atoms with Crippen molar-refractivity contribution in [3.63, 3.8) is 0 Å². The van der Waals surface area contributed by atoms with Crippen LogP contribution in [-0.2, 0) is 4.79 Å². The molecule has 1 heterocycles. The lowest BCUT2D eigenvalue weighted by atomic mass is 10.0. The first-order valence-corrected chi connectivity index (χ1v) is 5.92. The fraction of sp³-hybridized carbons (Fsp3) is 0.417. The van der Waals surface area contributed by atoms with Crippen molar-refractivity contribution < 1.29 is 9.53 Å². The molecule has 1 aromatic rings. The molecule has 16 heavy (non-hydrogen) atoms. The lowest BCUT2D eigenvalue weighted by Gasteiger charge is -2.09. The number of halogens is 1. The van der Waals surface area contributed by atoms with Crippen LogP contribution < -0.4 is 10.1 Å². The Labute approximate surface area is 99.7 Å². The van der Waals surface area contributed by atoms with Crippen LogP contribution in [0.1, 0.15) is 17.9 Å². The standard InChI is InChI=1S/C12H14ClNO2/c13-6-3-7-14-12(15)10-8-16-11-5-2-1-4-9(10)11/h1-2,4-5,10H,3,6-8H2,(H,14,15). The Kier molecular flexibility index (Phi) is 3.67. The lowest BCUT2D eigenvalue weighted by Crippen LogP contribution is -2.31. The Morgan fingerprint density at radius 3 is 3.12 bits per heavy atom. The number of benzene rings is 1. The monoisotopic (exact) mass is 239 g/mol. The summed E-state index contributed by atoms with van der Waals surface area (Å²) in [5.74, 6) is 1.24. The Hall–Kier alpha value is -1.22. The smallest absolute Gasteiger partial charge is 0.231 e. The van der Waals surface area contributed by atoms with Crippen molar-refractivity contribution >= 4 is 17.5 Å². The summed E-state index contributed by atoms with van der Waals surface area (Å²) in [4.78, 5) is 11.8. The van der Waals surface area contributed by atoms with Crippen LogP contribution in [0, 0.1) is 0 Å². The van der Waals surface area contributed by atoms with Gasteiger partial charge in [0.1, 0.15) is 18.3 Å². The number of rotatable bonds is 4. The number of carbonyl (C=O) groups excluding carboxylic acids is 1. The van der Waals surface area contributed by atoms with Gasteiger partial charge in [-0.1, -0.05) is 18.2 Å². The van der Waals surface area contributed by atoms with Crippen molar-refractivity contribution in [3.8, 4) is 5.75 Å². The van der Waals surface area contributed by atoms with E-state index in [1.807, 2.05) is 24.3 Å². The SMILES string of the molecule is O=C(NCCCCl)C1COc2ccccc21. The highest BCUT2D eigenvalue weighted by Gasteiger charge is 2.29. The molecule has 0 bridgehead atoms. The molecule has 2 rings (SSSR count). The van der Waals surface area contributed by atoms with E-state index in [1.165, 1.54) is 0 Å². The molecular formula is C12H14ClNO2. The van der Waals surface area contributed by atoms with E-state index in [1.54, 1.807) is 0 Å². The fourth-order valence-electron chi connectivity index (χ4n) is 1.78. The summed E-state index contributed by atoms with van der Waals surface area (Å²) in [6.45, 7) is 1.06. The minimum Gasteiger partial charge on any atom is -0.492 e. The molecule has 1 N–H and O–H groups in total. The molecule has 3 nitrogen and oxygen atoms in total. The third-order valence-electron chi connectivity index (χ3n) is 2.63. The molecule has 1 aliphatic rings. The Balaban J connectivity index is 1.99. The summed E-state index contributed by atoms with van der Waals surface area (Å²) < 4.78 is 5.45. The van der Waals surface area contributed by atoms with Gasteiger partial charge in [-0.2, -0.15) is 0 Å². The largest absolute Gasteiger partial charge is 0.492 e. The Morgan fingerprint density at radius 1 is 1.50 bits per heavy atom. The van der Waals surface area contributed by atoms with Crippen molar-refractivity contribution in [1.29, 1.82) is 0 Å². The number of hydrogen-bond acceptors (Lipinski definition) is 2. The molecule has 1 atom stereocenters. The first-order valence-electron chi connectivity index (χ1n) is 5.38. The number of alkyl halides is 1. The van der Waals surface area contributed by atoms with E-state index in [0.717, 1.165) is 17.7 Å². The van der Waals surface area contributed by atoms with E-state index >= 15 is 0 Å². The Bertz CT molecular complexity index is 381. The fourth-order valence-corrected chi connectivity index (χ4v) is 1.91. The average molecular weight is 240 g/mol. The Morgan fingerprint density at radius 2 is 2.31 bits per heavy atom. The van der Waals surface area contributed by atoms with Crippen LogP contribution >= 0.6 is 11.6 Å². The van der Waals surface area contributed by atoms with Gasteiger partial charge in [-0.25, -0.2) is 0 Å². The van der Waals surface area contributed by atoms with E-state index < -0.39 is 0 Å². The predicted molar refractivity (Wildman–Crippen MR) is 63.0 cm³/mol. The number of carbonyl (C=O) groups is 1. The van der Waals surface area contributed by atoms with Crippen molar-refractivity contribution in [3.05, 3.63) is 29.8 Å². The molecule has 1 aliphatic heterocycles. The molecule has 0 aliphatic carbocycles. The van der Waals surface area contributed by atoms with Gasteiger partial charge in [-0.15, -0.1) is 11.6 Å². The molecule has 4 heteroatoms. The zero-order valence-corrected chi connectivity index (χ0v) is 9.67. The van der Waals surface area contributed by atoms with Crippen molar-refractivity contribution in [2.75, 3.05) is 19.0 Å². The first kappa shape index (κ1) is 11.3. The van der Waals surface area contributed by atoms with Gasteiger partial charge < -0.3 is 10.1 Å². The molecule has 0 saturated carbocycles. The number of amides is 1. The normalized spacial score (nSPS) is 17.7. The van der Waals surface area contributed by atoms with Crippen LogP contribution in [0.4, 0.5) is 0 Å². The molecule has 1 unspecified atom stereocenters. The molecule has 86 valence electrons. The van der Waals surface area contributed by atoms with E-state index in [9.17, 15) is 4.79 Å². The van der Waals surface area contributed by atoms with Crippen molar-refractivity contribution in [1.82, 2.24) is 5.32 Å². The molecule has 1 amide bonds. The van der Waals surface area contributed by atoms with Gasteiger partial charge in [-0.05, 0) is 12.5 Å². The zero-order valence-electron chi connectivity index (χ0n) is 8.91. The van der Waals surface area contributed by atoms with Crippen LogP contribution in [0.5, 0.6) is 5.75 Å². The van der Waals surface area contributed by atoms with Crippen LogP contribution in [0.3, 0.4) is 0 Å². The molecule has 1 aromatic carbocycles. The third-order valence-corrected chi connectivity index (χ3v) is 2.89. The van der Waals surface area contributed by atoms with Gasteiger partial charge in [0.25, 0.3) is 0 Å². The molecule has 0 spiro atoms. The summed E-state index contributed by atoms with van der Waals surface area (Å²) >= 11 is 5.55. The minimum absolute atomic E-state index is 0.0232. The van der Waals surface area contributed by atoms with Gasteiger partial charge in [0.05, 0.1) is 0 Å². The second kappa shape index (κ2) is 5.21. The number of fused-ring (bicyclic) bond motifs is 1. The van der Waals surface area contributed by atoms with Gasteiger partial charge in [0.2, 0.25) is 5.91 Å². The van der Waals surface area contributed by atoms with Crippen LogP contribution in [-0.4, -0.2) is 24.9 Å². The van der Waals surface area contributed by atoms with Gasteiger partial charge >= 0.3 is 0 Å². The molecule has 0 fully saturated rings. The van der Waals surface area contributed by atoms with E-state index in [4.69, 9.17) is 16.3 Å². The highest BCUT2D eigenvalue weighted by atomic mass is 35.5. The highest BCUT2D eigenvalue weighted by molar-refractivity contribution is 6.17. The quantitative estimate of drug-likeness (QED) is 0.644. The highest BCUT2D eigenvalue weighted by Crippen LogP contribution is 2.33. The minimum atomic E-state index is -0.175. The lowest BCUT2D eigenvalue weighted by molar-refractivity contribution is -0.122. The average Bonchev–Trinajstić information content (AvgIpc) is 2.73. The molecular weight excluding hydrogens is 226 g/mol. The second-order valence-electron chi connectivity index (χ2n) is 3.73. The van der Waals surface area contributed by atoms with Gasteiger partial charge in [0.15, 0.2) is 0 Å². The summed E-state index contributed by atoms with van der Waals surface area (Å²) in [6.07, 6.45) is 0.794. The molecule has 0 saturated heterocycles. The van der Waals surface area contributed by atoms with Gasteiger partial charge in [0, 0.05) is 18.0 Å². The third kappa shape index (κ3) is 2.30. The first-order chi connectivity index (χ1) is 7.83. The van der Waals surface area contributed by atoms with E-state index in [0.29, 0.717) is 19.0 Å². The van der Waals surface area contributed by atoms with Crippen LogP contribution in [0.25, 0.3) is 0 Å².